The second kappa shape index (κ2) is 6.88. The molecule has 0 saturated heterocycles. The quantitative estimate of drug-likeness (QED) is 0.417. The minimum Gasteiger partial charge on any atom is -0.423 e. The maximum atomic E-state index is 9.47. The molecule has 74 valence electrons. The van der Waals surface area contributed by atoms with Gasteiger partial charge in [0.15, 0.2) is 0 Å². The number of carbonyl (C=O) groups excluding carboxylic acids is 1. The van der Waals surface area contributed by atoms with Gasteiger partial charge in [0.2, 0.25) is 5.91 Å². The summed E-state index contributed by atoms with van der Waals surface area (Å²) in [5, 5.41) is 17.2. The third-order valence-electron chi connectivity index (χ3n) is 1.30. The number of amides is 1. The van der Waals surface area contributed by atoms with Crippen LogP contribution in [0.1, 0.15) is 0 Å². The van der Waals surface area contributed by atoms with Gasteiger partial charge in [0.05, 0.1) is 0 Å². The van der Waals surface area contributed by atoms with Crippen LogP contribution in [0.5, 0.6) is 0 Å². The fourth-order valence-electron chi connectivity index (χ4n) is 0.625. The molecule has 0 heterocycles. The predicted molar refractivity (Wildman–Crippen MR) is 55.7 cm³/mol. The molecule has 4 N–H and O–H groups in total. The van der Waals surface area contributed by atoms with Crippen LogP contribution in [-0.4, -0.2) is 23.1 Å². The zero-order valence-electron chi connectivity index (χ0n) is 7.63. The molecule has 0 spiro atoms. The number of rotatable bonds is 2. The van der Waals surface area contributed by atoms with Gasteiger partial charge < -0.3 is 15.8 Å². The van der Waals surface area contributed by atoms with Crippen molar-refractivity contribution in [3.63, 3.8) is 0 Å². The summed E-state index contributed by atoms with van der Waals surface area (Å²) in [6.45, 7) is 3.09. The largest absolute Gasteiger partial charge is 0.488 e. The van der Waals surface area contributed by atoms with E-state index in [0.717, 1.165) is 6.08 Å². The Morgan fingerprint density at radius 1 is 1.36 bits per heavy atom. The van der Waals surface area contributed by atoms with Crippen LogP contribution in [0.25, 0.3) is 0 Å². The number of hydrogen-bond donors (Lipinski definition) is 3. The summed E-state index contributed by atoms with van der Waals surface area (Å²) in [5.74, 6) is -0.481. The van der Waals surface area contributed by atoms with E-state index in [0.29, 0.717) is 5.46 Å². The van der Waals surface area contributed by atoms with Crippen LogP contribution < -0.4 is 11.2 Å². The van der Waals surface area contributed by atoms with Crippen molar-refractivity contribution in [2.45, 2.75) is 0 Å². The molecule has 0 aliphatic carbocycles. The molecular weight excluding hydrogens is 181 g/mol. The van der Waals surface area contributed by atoms with Crippen molar-refractivity contribution in [1.29, 1.82) is 0 Å². The van der Waals surface area contributed by atoms with Gasteiger partial charge in [-0.25, -0.2) is 0 Å². The summed E-state index contributed by atoms with van der Waals surface area (Å²) >= 11 is 0. The first kappa shape index (κ1) is 12.4. The molecule has 0 unspecified atom stereocenters. The third-order valence-corrected chi connectivity index (χ3v) is 1.30. The van der Waals surface area contributed by atoms with Crippen LogP contribution in [0.15, 0.2) is 43.0 Å². The number of hydrogen-bond acceptors (Lipinski definition) is 3. The van der Waals surface area contributed by atoms with E-state index >= 15 is 0 Å². The zero-order chi connectivity index (χ0) is 11.0. The van der Waals surface area contributed by atoms with Crippen molar-refractivity contribution >= 4 is 18.5 Å². The zero-order valence-corrected chi connectivity index (χ0v) is 7.63. The lowest BCUT2D eigenvalue weighted by molar-refractivity contribution is -0.113. The van der Waals surface area contributed by atoms with E-state index in [1.54, 1.807) is 24.3 Å². The average molecular weight is 193 g/mol. The van der Waals surface area contributed by atoms with Crippen molar-refractivity contribution in [3.8, 4) is 0 Å². The van der Waals surface area contributed by atoms with Crippen molar-refractivity contribution in [3.05, 3.63) is 43.0 Å². The number of primary amides is 1. The highest BCUT2D eigenvalue weighted by Gasteiger charge is 2.07. The molecule has 0 aromatic heterocycles. The molecular formula is C9H12BNO3. The number of carbonyl (C=O) groups is 1. The Morgan fingerprint density at radius 3 is 2.00 bits per heavy atom. The molecule has 0 atom stereocenters. The van der Waals surface area contributed by atoms with Gasteiger partial charge in [-0.1, -0.05) is 36.9 Å². The summed E-state index contributed by atoms with van der Waals surface area (Å²) in [7, 11) is -1.34. The maximum Gasteiger partial charge on any atom is 0.488 e. The smallest absolute Gasteiger partial charge is 0.423 e. The molecule has 1 amide bonds. The highest BCUT2D eigenvalue weighted by molar-refractivity contribution is 6.58. The third kappa shape index (κ3) is 5.99. The molecule has 14 heavy (non-hydrogen) atoms. The molecule has 1 rings (SSSR count). The van der Waals surface area contributed by atoms with Crippen LogP contribution in [-0.2, 0) is 4.79 Å². The first-order chi connectivity index (χ1) is 6.57. The first-order valence-corrected chi connectivity index (χ1v) is 3.91. The molecule has 0 aliphatic heterocycles. The topological polar surface area (TPSA) is 83.6 Å². The van der Waals surface area contributed by atoms with E-state index in [9.17, 15) is 4.79 Å². The number of benzene rings is 1. The summed E-state index contributed by atoms with van der Waals surface area (Å²) in [5.41, 5.74) is 5.06. The minimum atomic E-state index is -1.34. The maximum absolute atomic E-state index is 9.47. The van der Waals surface area contributed by atoms with Crippen LogP contribution >= 0.6 is 0 Å². The van der Waals surface area contributed by atoms with Gasteiger partial charge in [0, 0.05) is 0 Å². The Morgan fingerprint density at radius 2 is 1.79 bits per heavy atom. The molecule has 0 fully saturated rings. The molecule has 4 nitrogen and oxygen atoms in total. The van der Waals surface area contributed by atoms with Crippen molar-refractivity contribution in [2.24, 2.45) is 5.73 Å². The standard InChI is InChI=1S/C6H7BO2.C3H5NO/c8-7(9)6-4-2-1-3-5-6;1-2-3(4)5/h1-5,8-9H;2H,1H2,(H2,4,5). The molecule has 0 bridgehead atoms. The van der Waals surface area contributed by atoms with Gasteiger partial charge in [-0.05, 0) is 11.5 Å². The van der Waals surface area contributed by atoms with Gasteiger partial charge in [-0.2, -0.15) is 0 Å². The van der Waals surface area contributed by atoms with Gasteiger partial charge in [0.25, 0.3) is 0 Å². The lowest BCUT2D eigenvalue weighted by atomic mass is 9.81. The van der Waals surface area contributed by atoms with Crippen molar-refractivity contribution < 1.29 is 14.8 Å². The second-order valence-corrected chi connectivity index (χ2v) is 2.39. The SMILES string of the molecule is C=CC(N)=O.OB(O)c1ccccc1. The molecule has 5 heteroatoms. The molecule has 1 aromatic carbocycles. The Kier molecular flexibility index (Phi) is 6.10. The van der Waals surface area contributed by atoms with E-state index in [4.69, 9.17) is 10.0 Å². The predicted octanol–water partition coefficient (Wildman–Crippen LogP) is -0.976. The summed E-state index contributed by atoms with van der Waals surface area (Å²) in [6, 6.07) is 8.66. The highest BCUT2D eigenvalue weighted by Crippen LogP contribution is 1.82. The van der Waals surface area contributed by atoms with E-state index in [1.165, 1.54) is 0 Å². The molecule has 0 radical (unpaired) electrons. The highest BCUT2D eigenvalue weighted by atomic mass is 16.4. The van der Waals surface area contributed by atoms with Crippen LogP contribution in [0.3, 0.4) is 0 Å². The van der Waals surface area contributed by atoms with Gasteiger partial charge >= 0.3 is 7.12 Å². The normalized spacial score (nSPS) is 8.14. The fraction of sp³-hybridized carbons (Fsp3) is 0. The molecule has 0 aliphatic rings. The Balaban J connectivity index is 0.000000292. The van der Waals surface area contributed by atoms with E-state index < -0.39 is 13.0 Å². The van der Waals surface area contributed by atoms with Gasteiger partial charge in [-0.3, -0.25) is 4.79 Å². The lowest BCUT2D eigenvalue weighted by Crippen LogP contribution is -2.29. The van der Waals surface area contributed by atoms with Gasteiger partial charge in [-0.15, -0.1) is 0 Å². The fourth-order valence-corrected chi connectivity index (χ4v) is 0.625. The lowest BCUT2D eigenvalue weighted by Gasteiger charge is -1.94. The van der Waals surface area contributed by atoms with Crippen LogP contribution in [0.2, 0.25) is 0 Å². The summed E-state index contributed by atoms with van der Waals surface area (Å²) in [6.07, 6.45) is 1.06. The van der Waals surface area contributed by atoms with Crippen LogP contribution in [0.4, 0.5) is 0 Å². The summed E-state index contributed by atoms with van der Waals surface area (Å²) in [4.78, 5) is 9.47. The summed E-state index contributed by atoms with van der Waals surface area (Å²) < 4.78 is 0. The van der Waals surface area contributed by atoms with Crippen molar-refractivity contribution in [2.75, 3.05) is 0 Å². The van der Waals surface area contributed by atoms with Crippen molar-refractivity contribution in [1.82, 2.24) is 0 Å². The Labute approximate surface area is 82.8 Å². The van der Waals surface area contributed by atoms with E-state index in [2.05, 4.69) is 12.3 Å². The molecule has 1 aromatic rings. The Hall–Kier alpha value is -1.59. The Bertz CT molecular complexity index is 287. The number of nitrogens with two attached hydrogens (primary N) is 1. The minimum absolute atomic E-state index is 0.481. The van der Waals surface area contributed by atoms with Gasteiger partial charge in [0.1, 0.15) is 0 Å². The van der Waals surface area contributed by atoms with Crippen LogP contribution in [0, 0.1) is 0 Å². The first-order valence-electron chi connectivity index (χ1n) is 3.91. The monoisotopic (exact) mass is 193 g/mol. The van der Waals surface area contributed by atoms with E-state index in [1.807, 2.05) is 6.07 Å². The second-order valence-electron chi connectivity index (χ2n) is 2.39. The average Bonchev–Trinajstić information content (AvgIpc) is 2.20. The molecule has 0 saturated carbocycles. The van der Waals surface area contributed by atoms with E-state index in [-0.39, 0.29) is 0 Å².